The average molecular weight is 183 g/mol. The first-order chi connectivity index (χ1) is 6.15. The molecule has 0 amide bonds. The number of aliphatic hydroxyl groups is 1. The molecule has 74 valence electrons. The maximum Gasteiger partial charge on any atom is 0.197 e. The molecule has 0 saturated carbocycles. The molecule has 1 heterocycles. The Morgan fingerprint density at radius 2 is 2.15 bits per heavy atom. The Morgan fingerprint density at radius 1 is 1.46 bits per heavy atom. The third kappa shape index (κ3) is 2.56. The van der Waals surface area contributed by atoms with Crippen LogP contribution in [-0.4, -0.2) is 16.7 Å². The summed E-state index contributed by atoms with van der Waals surface area (Å²) in [7, 11) is 0. The zero-order valence-electron chi connectivity index (χ0n) is 8.50. The number of oxazole rings is 1. The molecule has 0 aliphatic heterocycles. The lowest BCUT2D eigenvalue weighted by molar-refractivity contribution is 0.288. The first-order valence-electron chi connectivity index (χ1n) is 4.72. The molecule has 0 atom stereocenters. The van der Waals surface area contributed by atoms with Gasteiger partial charge in [-0.3, -0.25) is 0 Å². The van der Waals surface area contributed by atoms with Gasteiger partial charge in [0, 0.05) is 12.5 Å². The van der Waals surface area contributed by atoms with E-state index in [0.29, 0.717) is 5.92 Å². The number of rotatable bonds is 4. The summed E-state index contributed by atoms with van der Waals surface area (Å²) in [6.45, 7) is 6.25. The molecular formula is C10H17NO2. The third-order valence-corrected chi connectivity index (χ3v) is 1.97. The molecule has 0 fully saturated rings. The fourth-order valence-corrected chi connectivity index (χ4v) is 1.18. The topological polar surface area (TPSA) is 46.3 Å². The van der Waals surface area contributed by atoms with Crippen LogP contribution in [0.4, 0.5) is 0 Å². The molecule has 0 saturated heterocycles. The van der Waals surface area contributed by atoms with E-state index in [2.05, 4.69) is 18.8 Å². The minimum Gasteiger partial charge on any atom is -0.445 e. The van der Waals surface area contributed by atoms with Gasteiger partial charge >= 0.3 is 0 Å². The van der Waals surface area contributed by atoms with E-state index in [1.165, 1.54) is 0 Å². The van der Waals surface area contributed by atoms with E-state index in [0.717, 1.165) is 30.2 Å². The predicted molar refractivity (Wildman–Crippen MR) is 50.7 cm³/mol. The first-order valence-corrected chi connectivity index (χ1v) is 4.72. The second-order valence-corrected chi connectivity index (χ2v) is 3.54. The Morgan fingerprint density at radius 3 is 2.62 bits per heavy atom. The van der Waals surface area contributed by atoms with Crippen LogP contribution in [0.5, 0.6) is 0 Å². The van der Waals surface area contributed by atoms with Gasteiger partial charge in [-0.2, -0.15) is 0 Å². The first kappa shape index (κ1) is 10.3. The molecular weight excluding hydrogens is 166 g/mol. The van der Waals surface area contributed by atoms with Crippen molar-refractivity contribution in [2.24, 2.45) is 0 Å². The Hall–Kier alpha value is -0.830. The highest BCUT2D eigenvalue weighted by molar-refractivity contribution is 5.09. The van der Waals surface area contributed by atoms with E-state index >= 15 is 0 Å². The van der Waals surface area contributed by atoms with Gasteiger partial charge in [0.05, 0.1) is 5.69 Å². The lowest BCUT2D eigenvalue weighted by Gasteiger charge is -1.94. The van der Waals surface area contributed by atoms with Gasteiger partial charge in [0.25, 0.3) is 0 Å². The van der Waals surface area contributed by atoms with Crippen LogP contribution >= 0.6 is 0 Å². The number of hydrogen-bond donors (Lipinski definition) is 1. The number of aromatic nitrogens is 1. The summed E-state index contributed by atoms with van der Waals surface area (Å²) in [6, 6.07) is 0. The van der Waals surface area contributed by atoms with Gasteiger partial charge in [-0.05, 0) is 19.8 Å². The van der Waals surface area contributed by atoms with E-state index in [1.54, 1.807) is 0 Å². The molecule has 1 aromatic rings. The zero-order chi connectivity index (χ0) is 9.84. The van der Waals surface area contributed by atoms with Crippen molar-refractivity contribution >= 4 is 0 Å². The van der Waals surface area contributed by atoms with Crippen molar-refractivity contribution < 1.29 is 9.52 Å². The van der Waals surface area contributed by atoms with Crippen molar-refractivity contribution in [2.75, 3.05) is 6.61 Å². The second-order valence-electron chi connectivity index (χ2n) is 3.54. The maximum atomic E-state index is 8.68. The second kappa shape index (κ2) is 4.42. The largest absolute Gasteiger partial charge is 0.445 e. The molecule has 0 radical (unpaired) electrons. The number of hydrogen-bond acceptors (Lipinski definition) is 3. The van der Waals surface area contributed by atoms with Gasteiger partial charge in [0.2, 0.25) is 0 Å². The fourth-order valence-electron chi connectivity index (χ4n) is 1.18. The summed E-state index contributed by atoms with van der Waals surface area (Å²) >= 11 is 0. The minimum absolute atomic E-state index is 0.212. The summed E-state index contributed by atoms with van der Waals surface area (Å²) in [5, 5.41) is 8.68. The number of aryl methyl sites for hydroxylation is 2. The SMILES string of the molecule is Cc1oc(C(C)C)nc1CCCO. The van der Waals surface area contributed by atoms with Crippen LogP contribution in [0.3, 0.4) is 0 Å². The molecule has 0 spiro atoms. The van der Waals surface area contributed by atoms with Crippen LogP contribution in [0, 0.1) is 6.92 Å². The van der Waals surface area contributed by atoms with Crippen molar-refractivity contribution in [3.63, 3.8) is 0 Å². The van der Waals surface area contributed by atoms with Crippen molar-refractivity contribution in [1.29, 1.82) is 0 Å². The summed E-state index contributed by atoms with van der Waals surface area (Å²) in [5.74, 6) is 2.02. The van der Waals surface area contributed by atoms with E-state index in [-0.39, 0.29) is 6.61 Å². The van der Waals surface area contributed by atoms with Crippen molar-refractivity contribution in [3.8, 4) is 0 Å². The molecule has 3 nitrogen and oxygen atoms in total. The highest BCUT2D eigenvalue weighted by Gasteiger charge is 2.11. The number of nitrogens with zero attached hydrogens (tertiary/aromatic N) is 1. The molecule has 1 aromatic heterocycles. The Balaban J connectivity index is 2.71. The molecule has 13 heavy (non-hydrogen) atoms. The smallest absolute Gasteiger partial charge is 0.197 e. The molecule has 0 unspecified atom stereocenters. The van der Waals surface area contributed by atoms with Crippen molar-refractivity contribution in [3.05, 3.63) is 17.3 Å². The molecule has 0 aliphatic rings. The van der Waals surface area contributed by atoms with Crippen LogP contribution in [0.1, 0.15) is 43.5 Å². The van der Waals surface area contributed by atoms with Crippen LogP contribution in [0.2, 0.25) is 0 Å². The van der Waals surface area contributed by atoms with Crippen LogP contribution < -0.4 is 0 Å². The molecule has 1 N–H and O–H groups in total. The molecule has 3 heteroatoms. The van der Waals surface area contributed by atoms with Gasteiger partial charge in [-0.25, -0.2) is 4.98 Å². The average Bonchev–Trinajstić information content (AvgIpc) is 2.44. The van der Waals surface area contributed by atoms with Crippen molar-refractivity contribution in [2.45, 2.75) is 39.5 Å². The lowest BCUT2D eigenvalue weighted by Crippen LogP contribution is -1.93. The summed E-state index contributed by atoms with van der Waals surface area (Å²) in [4.78, 5) is 4.37. The van der Waals surface area contributed by atoms with Gasteiger partial charge in [-0.1, -0.05) is 13.8 Å². The monoisotopic (exact) mass is 183 g/mol. The van der Waals surface area contributed by atoms with Gasteiger partial charge in [0.15, 0.2) is 5.89 Å². The molecule has 0 aromatic carbocycles. The summed E-state index contributed by atoms with van der Waals surface area (Å²) in [6.07, 6.45) is 1.56. The van der Waals surface area contributed by atoms with Gasteiger partial charge < -0.3 is 9.52 Å². The third-order valence-electron chi connectivity index (χ3n) is 1.97. The Labute approximate surface area is 78.8 Å². The fraction of sp³-hybridized carbons (Fsp3) is 0.700. The van der Waals surface area contributed by atoms with E-state index in [4.69, 9.17) is 9.52 Å². The zero-order valence-corrected chi connectivity index (χ0v) is 8.50. The standard InChI is InChI=1S/C10H17NO2/c1-7(2)10-11-9(5-4-6-12)8(3)13-10/h7,12H,4-6H2,1-3H3. The highest BCUT2D eigenvalue weighted by Crippen LogP contribution is 2.18. The van der Waals surface area contributed by atoms with Gasteiger partial charge in [-0.15, -0.1) is 0 Å². The minimum atomic E-state index is 0.212. The Bertz CT molecular complexity index is 266. The van der Waals surface area contributed by atoms with Crippen LogP contribution in [0.15, 0.2) is 4.42 Å². The van der Waals surface area contributed by atoms with E-state index in [1.807, 2.05) is 6.92 Å². The summed E-state index contributed by atoms with van der Waals surface area (Å²) in [5.41, 5.74) is 0.984. The molecule has 0 aliphatic carbocycles. The van der Waals surface area contributed by atoms with Gasteiger partial charge in [0.1, 0.15) is 5.76 Å². The maximum absolute atomic E-state index is 8.68. The Kier molecular flexibility index (Phi) is 3.48. The van der Waals surface area contributed by atoms with E-state index in [9.17, 15) is 0 Å². The highest BCUT2D eigenvalue weighted by atomic mass is 16.4. The van der Waals surface area contributed by atoms with Crippen LogP contribution in [0.25, 0.3) is 0 Å². The normalized spacial score (nSPS) is 11.2. The summed E-state index contributed by atoms with van der Waals surface area (Å²) < 4.78 is 5.48. The van der Waals surface area contributed by atoms with Crippen LogP contribution in [-0.2, 0) is 6.42 Å². The van der Waals surface area contributed by atoms with Crippen molar-refractivity contribution in [1.82, 2.24) is 4.98 Å². The number of aliphatic hydroxyl groups excluding tert-OH is 1. The molecule has 1 rings (SSSR count). The quantitative estimate of drug-likeness (QED) is 0.776. The van der Waals surface area contributed by atoms with E-state index < -0.39 is 0 Å². The molecule has 0 bridgehead atoms. The lowest BCUT2D eigenvalue weighted by atomic mass is 10.2. The predicted octanol–water partition coefficient (Wildman–Crippen LogP) is 2.03.